The van der Waals surface area contributed by atoms with Crippen molar-refractivity contribution in [2.24, 2.45) is 17.6 Å². The van der Waals surface area contributed by atoms with Crippen molar-refractivity contribution in [3.05, 3.63) is 0 Å². The van der Waals surface area contributed by atoms with E-state index >= 15 is 0 Å². The van der Waals surface area contributed by atoms with Gasteiger partial charge in [-0.05, 0) is 38.0 Å². The van der Waals surface area contributed by atoms with Gasteiger partial charge in [-0.1, -0.05) is 6.42 Å². The van der Waals surface area contributed by atoms with E-state index in [4.69, 9.17) is 10.5 Å². The van der Waals surface area contributed by atoms with Gasteiger partial charge in [0.1, 0.15) is 0 Å². The third-order valence-corrected chi connectivity index (χ3v) is 4.67. The third kappa shape index (κ3) is 3.04. The minimum absolute atomic E-state index is 0.168. The number of hydrogen-bond donors (Lipinski definition) is 1. The molecular weight excluding hydrogens is 228 g/mol. The largest absolute Gasteiger partial charge is 0.382 e. The molecule has 4 unspecified atom stereocenters. The fourth-order valence-electron chi connectivity index (χ4n) is 3.32. The molecule has 0 bridgehead atoms. The van der Waals surface area contributed by atoms with E-state index in [1.807, 2.05) is 11.8 Å². The van der Waals surface area contributed by atoms with Crippen LogP contribution in [-0.4, -0.2) is 43.2 Å². The molecule has 0 aromatic carbocycles. The monoisotopic (exact) mass is 254 g/mol. The average Bonchev–Trinajstić information content (AvgIpc) is 2.81. The first-order chi connectivity index (χ1) is 8.61. The molecular formula is C14H26N2O2. The highest BCUT2D eigenvalue weighted by Gasteiger charge is 2.40. The fourth-order valence-corrected chi connectivity index (χ4v) is 3.32. The Balaban J connectivity index is 1.82. The van der Waals surface area contributed by atoms with Crippen molar-refractivity contribution in [2.45, 2.75) is 51.2 Å². The van der Waals surface area contributed by atoms with Crippen molar-refractivity contribution in [3.8, 4) is 0 Å². The first-order valence-corrected chi connectivity index (χ1v) is 7.18. The molecule has 2 rings (SSSR count). The number of amides is 1. The predicted octanol–water partition coefficient (Wildman–Crippen LogP) is 1.39. The van der Waals surface area contributed by atoms with Crippen LogP contribution in [0.2, 0.25) is 0 Å². The zero-order valence-electron chi connectivity index (χ0n) is 11.6. The average molecular weight is 254 g/mol. The van der Waals surface area contributed by atoms with Gasteiger partial charge in [-0.2, -0.15) is 0 Å². The summed E-state index contributed by atoms with van der Waals surface area (Å²) in [4.78, 5) is 14.2. The topological polar surface area (TPSA) is 55.6 Å². The highest BCUT2D eigenvalue weighted by Crippen LogP contribution is 2.35. The summed E-state index contributed by atoms with van der Waals surface area (Å²) in [6.07, 6.45) is 5.18. The summed E-state index contributed by atoms with van der Waals surface area (Å²) in [5.41, 5.74) is 6.17. The van der Waals surface area contributed by atoms with Crippen LogP contribution in [0.5, 0.6) is 0 Å². The fraction of sp³-hybridized carbons (Fsp3) is 0.929. The molecule has 18 heavy (non-hydrogen) atoms. The van der Waals surface area contributed by atoms with Gasteiger partial charge >= 0.3 is 0 Å². The van der Waals surface area contributed by atoms with Crippen LogP contribution in [-0.2, 0) is 9.53 Å². The lowest BCUT2D eigenvalue weighted by molar-refractivity contribution is -0.131. The van der Waals surface area contributed by atoms with Gasteiger partial charge in [-0.15, -0.1) is 0 Å². The molecule has 1 aliphatic heterocycles. The summed E-state index contributed by atoms with van der Waals surface area (Å²) in [5, 5.41) is 0. The third-order valence-electron chi connectivity index (χ3n) is 4.67. The Hall–Kier alpha value is -0.610. The lowest BCUT2D eigenvalue weighted by atomic mass is 9.78. The number of nitrogens with zero attached hydrogens (tertiary/aromatic N) is 1. The molecule has 1 saturated carbocycles. The Morgan fingerprint density at radius 2 is 2.22 bits per heavy atom. The number of ether oxygens (including phenoxy) is 1. The first-order valence-electron chi connectivity index (χ1n) is 7.18. The Morgan fingerprint density at radius 3 is 2.89 bits per heavy atom. The molecule has 2 N–H and O–H groups in total. The highest BCUT2D eigenvalue weighted by molar-refractivity contribution is 5.76. The van der Waals surface area contributed by atoms with Crippen LogP contribution < -0.4 is 5.73 Å². The van der Waals surface area contributed by atoms with Gasteiger partial charge < -0.3 is 15.4 Å². The summed E-state index contributed by atoms with van der Waals surface area (Å²) >= 11 is 0. The number of methoxy groups -OCH3 is 1. The standard InChI is InChI=1S/C14H26N2O2/c1-10(18-2)6-7-14(17)16-8-11-4-3-5-13(15)12(11)9-16/h10-13H,3-9,15H2,1-2H3. The molecule has 4 atom stereocenters. The minimum Gasteiger partial charge on any atom is -0.382 e. The van der Waals surface area contributed by atoms with Crippen molar-refractivity contribution in [3.63, 3.8) is 0 Å². The zero-order valence-corrected chi connectivity index (χ0v) is 11.6. The second-order valence-corrected chi connectivity index (χ2v) is 5.90. The summed E-state index contributed by atoms with van der Waals surface area (Å²) < 4.78 is 5.18. The van der Waals surface area contributed by atoms with Crippen LogP contribution in [0.15, 0.2) is 0 Å². The highest BCUT2D eigenvalue weighted by atomic mass is 16.5. The predicted molar refractivity (Wildman–Crippen MR) is 71.1 cm³/mol. The molecule has 4 heteroatoms. The zero-order chi connectivity index (χ0) is 13.1. The molecule has 0 aromatic heterocycles. The molecule has 0 radical (unpaired) electrons. The number of carbonyl (C=O) groups is 1. The van der Waals surface area contributed by atoms with Gasteiger partial charge in [0.15, 0.2) is 0 Å². The molecule has 0 aromatic rings. The second kappa shape index (κ2) is 6.02. The van der Waals surface area contributed by atoms with Gasteiger partial charge in [-0.25, -0.2) is 0 Å². The summed E-state index contributed by atoms with van der Waals surface area (Å²) in [7, 11) is 1.69. The molecule has 1 heterocycles. The lowest BCUT2D eigenvalue weighted by Gasteiger charge is -2.29. The van der Waals surface area contributed by atoms with Gasteiger partial charge in [0, 0.05) is 32.7 Å². The Morgan fingerprint density at radius 1 is 1.44 bits per heavy atom. The molecule has 2 aliphatic rings. The Labute approximate surface area is 110 Å². The Bertz CT molecular complexity index is 296. The molecule has 0 spiro atoms. The van der Waals surface area contributed by atoms with Crippen molar-refractivity contribution in [1.29, 1.82) is 0 Å². The first kappa shape index (κ1) is 13.8. The van der Waals surface area contributed by atoms with E-state index in [9.17, 15) is 4.79 Å². The maximum atomic E-state index is 12.1. The van der Waals surface area contributed by atoms with Crippen LogP contribution in [0.1, 0.15) is 39.0 Å². The van der Waals surface area contributed by atoms with Crippen LogP contribution in [0, 0.1) is 11.8 Å². The number of rotatable bonds is 4. The SMILES string of the molecule is COC(C)CCC(=O)N1CC2CCCC(N)C2C1. The van der Waals surface area contributed by atoms with Crippen molar-refractivity contribution < 1.29 is 9.53 Å². The van der Waals surface area contributed by atoms with Crippen molar-refractivity contribution >= 4 is 5.91 Å². The van der Waals surface area contributed by atoms with E-state index in [0.717, 1.165) is 25.9 Å². The van der Waals surface area contributed by atoms with Crippen molar-refractivity contribution in [2.75, 3.05) is 20.2 Å². The van der Waals surface area contributed by atoms with E-state index in [1.165, 1.54) is 12.8 Å². The molecule has 104 valence electrons. The van der Waals surface area contributed by atoms with E-state index in [1.54, 1.807) is 7.11 Å². The van der Waals surface area contributed by atoms with Crippen LogP contribution in [0.25, 0.3) is 0 Å². The number of fused-ring (bicyclic) bond motifs is 1. The number of carbonyl (C=O) groups excluding carboxylic acids is 1. The number of likely N-dealkylation sites (tertiary alicyclic amines) is 1. The van der Waals surface area contributed by atoms with E-state index < -0.39 is 0 Å². The van der Waals surface area contributed by atoms with E-state index in [-0.39, 0.29) is 12.0 Å². The molecule has 1 saturated heterocycles. The Kier molecular flexibility index (Phi) is 4.62. The van der Waals surface area contributed by atoms with Crippen LogP contribution in [0.3, 0.4) is 0 Å². The van der Waals surface area contributed by atoms with E-state index in [2.05, 4.69) is 0 Å². The molecule has 1 amide bonds. The normalized spacial score (nSPS) is 33.3. The smallest absolute Gasteiger partial charge is 0.222 e. The quantitative estimate of drug-likeness (QED) is 0.825. The molecule has 1 aliphatic carbocycles. The van der Waals surface area contributed by atoms with Gasteiger partial charge in [0.05, 0.1) is 6.10 Å². The maximum absolute atomic E-state index is 12.1. The molecule has 2 fully saturated rings. The van der Waals surface area contributed by atoms with Gasteiger partial charge in [0.2, 0.25) is 5.91 Å². The number of nitrogens with two attached hydrogens (primary N) is 1. The van der Waals surface area contributed by atoms with Crippen LogP contribution in [0.4, 0.5) is 0 Å². The lowest BCUT2D eigenvalue weighted by Crippen LogP contribution is -2.38. The second-order valence-electron chi connectivity index (χ2n) is 5.90. The summed E-state index contributed by atoms with van der Waals surface area (Å²) in [5.74, 6) is 1.47. The molecule has 4 nitrogen and oxygen atoms in total. The maximum Gasteiger partial charge on any atom is 0.222 e. The summed E-state index contributed by atoms with van der Waals surface area (Å²) in [6, 6.07) is 0.305. The number of hydrogen-bond acceptors (Lipinski definition) is 3. The van der Waals surface area contributed by atoms with E-state index in [0.29, 0.717) is 24.3 Å². The van der Waals surface area contributed by atoms with Crippen molar-refractivity contribution in [1.82, 2.24) is 4.90 Å². The van der Waals surface area contributed by atoms with Gasteiger partial charge in [0.25, 0.3) is 0 Å². The summed E-state index contributed by atoms with van der Waals surface area (Å²) in [6.45, 7) is 3.82. The van der Waals surface area contributed by atoms with Gasteiger partial charge in [-0.3, -0.25) is 4.79 Å². The minimum atomic E-state index is 0.168. The van der Waals surface area contributed by atoms with Crippen LogP contribution >= 0.6 is 0 Å².